The van der Waals surface area contributed by atoms with E-state index in [2.05, 4.69) is 4.99 Å². The van der Waals surface area contributed by atoms with Crippen LogP contribution in [0.2, 0.25) is 0 Å². The molecule has 3 fully saturated rings. The Hall–Kier alpha value is -1.54. The quantitative estimate of drug-likeness (QED) is 0.791. The van der Waals surface area contributed by atoms with Crippen LogP contribution in [0.1, 0.15) is 18.4 Å². The van der Waals surface area contributed by atoms with E-state index in [4.69, 9.17) is 4.74 Å². The van der Waals surface area contributed by atoms with E-state index < -0.39 is 9.84 Å². The first kappa shape index (κ1) is 16.9. The van der Waals surface area contributed by atoms with Gasteiger partial charge in [-0.15, -0.1) is 0 Å². The summed E-state index contributed by atoms with van der Waals surface area (Å²) < 4.78 is 29.2. The third-order valence-corrected chi connectivity index (χ3v) is 8.07. The first-order valence-electron chi connectivity index (χ1n) is 8.34. The van der Waals surface area contributed by atoms with Gasteiger partial charge in [0.15, 0.2) is 15.0 Å². The van der Waals surface area contributed by atoms with E-state index >= 15 is 0 Å². The first-order chi connectivity index (χ1) is 11.9. The summed E-state index contributed by atoms with van der Waals surface area (Å²) in [6.45, 7) is 0.546. The lowest BCUT2D eigenvalue weighted by atomic mass is 10.1. The van der Waals surface area contributed by atoms with Gasteiger partial charge in [0, 0.05) is 17.7 Å². The summed E-state index contributed by atoms with van der Waals surface area (Å²) >= 11 is 1.44. The largest absolute Gasteiger partial charge is 0.497 e. The highest BCUT2D eigenvalue weighted by molar-refractivity contribution is 8.15. The number of amidine groups is 1. The summed E-state index contributed by atoms with van der Waals surface area (Å²) in [7, 11) is -1.40. The van der Waals surface area contributed by atoms with Crippen LogP contribution in [0.15, 0.2) is 29.3 Å². The van der Waals surface area contributed by atoms with Gasteiger partial charge in [-0.3, -0.25) is 4.79 Å². The number of hydrogen-bond acceptors (Lipinski definition) is 5. The topological polar surface area (TPSA) is 76.0 Å². The molecule has 0 radical (unpaired) electrons. The molecule has 1 aromatic carbocycles. The maximum Gasteiger partial charge on any atom is 0.251 e. The van der Waals surface area contributed by atoms with Crippen LogP contribution in [0.3, 0.4) is 0 Å². The molecule has 4 rings (SSSR count). The molecule has 8 heteroatoms. The van der Waals surface area contributed by atoms with E-state index in [-0.39, 0.29) is 34.6 Å². The highest BCUT2D eigenvalue weighted by Gasteiger charge is 2.49. The first-order valence-corrected chi connectivity index (χ1v) is 11.0. The minimum Gasteiger partial charge on any atom is -0.497 e. The standard InChI is InChI=1S/C17H20N2O4S2/c1-23-13-6-2-11(3-7-13)8-19-14-9-25(21,22)10-15(14)24-17(19)18-16(20)12-4-5-12/h2-3,6-7,12,14-15H,4-5,8-10H2,1H3/t14-,15+/m1/s1. The molecule has 2 atom stereocenters. The van der Waals surface area contributed by atoms with Crippen molar-refractivity contribution in [2.75, 3.05) is 18.6 Å². The van der Waals surface area contributed by atoms with Crippen LogP contribution in [-0.2, 0) is 21.2 Å². The Balaban J connectivity index is 1.59. The van der Waals surface area contributed by atoms with E-state index in [1.807, 2.05) is 29.2 Å². The second kappa shape index (κ2) is 6.32. The minimum absolute atomic E-state index is 0.0333. The molecule has 0 unspecified atom stereocenters. The van der Waals surface area contributed by atoms with Gasteiger partial charge in [-0.05, 0) is 30.5 Å². The molecule has 0 bridgehead atoms. The fourth-order valence-electron chi connectivity index (χ4n) is 3.26. The Morgan fingerprint density at radius 1 is 1.28 bits per heavy atom. The van der Waals surface area contributed by atoms with Crippen molar-refractivity contribution >= 4 is 32.7 Å². The van der Waals surface area contributed by atoms with Crippen LogP contribution in [0, 0.1) is 5.92 Å². The van der Waals surface area contributed by atoms with Crippen LogP contribution < -0.4 is 4.74 Å². The number of hydrogen-bond donors (Lipinski definition) is 0. The van der Waals surface area contributed by atoms with Gasteiger partial charge in [0.1, 0.15) is 5.75 Å². The van der Waals surface area contributed by atoms with E-state index in [9.17, 15) is 13.2 Å². The summed E-state index contributed by atoms with van der Waals surface area (Å²) in [4.78, 5) is 18.5. The Morgan fingerprint density at radius 3 is 2.64 bits per heavy atom. The molecular formula is C17H20N2O4S2. The zero-order valence-corrected chi connectivity index (χ0v) is 15.6. The van der Waals surface area contributed by atoms with Crippen molar-refractivity contribution in [2.24, 2.45) is 10.9 Å². The van der Waals surface area contributed by atoms with Crippen molar-refractivity contribution in [3.63, 3.8) is 0 Å². The highest BCUT2D eigenvalue weighted by atomic mass is 32.2. The van der Waals surface area contributed by atoms with Gasteiger partial charge in [0.25, 0.3) is 5.91 Å². The predicted octanol–water partition coefficient (Wildman–Crippen LogP) is 1.70. The second-order valence-corrected chi connectivity index (χ2v) is 10.1. The number of carbonyl (C=O) groups excluding carboxylic acids is 1. The number of nitrogens with zero attached hydrogens (tertiary/aromatic N) is 2. The number of sulfone groups is 1. The van der Waals surface area contributed by atoms with Crippen LogP contribution in [0.25, 0.3) is 0 Å². The number of thioether (sulfide) groups is 1. The molecule has 0 N–H and O–H groups in total. The van der Waals surface area contributed by atoms with Gasteiger partial charge >= 0.3 is 0 Å². The minimum atomic E-state index is -3.02. The average Bonchev–Trinajstić information content (AvgIpc) is 3.32. The summed E-state index contributed by atoms with van der Waals surface area (Å²) in [5.74, 6) is 1.08. The van der Waals surface area contributed by atoms with E-state index in [0.717, 1.165) is 24.2 Å². The molecule has 134 valence electrons. The highest BCUT2D eigenvalue weighted by Crippen LogP contribution is 2.40. The van der Waals surface area contributed by atoms with Crippen molar-refractivity contribution in [3.8, 4) is 5.75 Å². The van der Waals surface area contributed by atoms with Crippen LogP contribution in [0.4, 0.5) is 0 Å². The summed E-state index contributed by atoms with van der Waals surface area (Å²) in [6, 6.07) is 7.57. The average molecular weight is 380 g/mol. The van der Waals surface area contributed by atoms with E-state index in [1.165, 1.54) is 11.8 Å². The van der Waals surface area contributed by atoms with E-state index in [0.29, 0.717) is 11.7 Å². The number of fused-ring (bicyclic) bond motifs is 1. The molecule has 6 nitrogen and oxygen atoms in total. The summed E-state index contributed by atoms with van der Waals surface area (Å²) in [5.41, 5.74) is 1.04. The maximum absolute atomic E-state index is 12.1. The molecule has 1 amide bonds. The Morgan fingerprint density at radius 2 is 2.00 bits per heavy atom. The lowest BCUT2D eigenvalue weighted by molar-refractivity contribution is -0.118. The van der Waals surface area contributed by atoms with Crippen molar-refractivity contribution in [1.29, 1.82) is 0 Å². The molecule has 2 saturated heterocycles. The molecule has 1 aromatic rings. The monoisotopic (exact) mass is 380 g/mol. The third kappa shape index (κ3) is 3.55. The zero-order valence-electron chi connectivity index (χ0n) is 13.9. The van der Waals surface area contributed by atoms with Crippen LogP contribution in [-0.4, -0.2) is 54.3 Å². The molecule has 25 heavy (non-hydrogen) atoms. The molecule has 2 aliphatic heterocycles. The Bertz CT molecular complexity index is 816. The lowest BCUT2D eigenvalue weighted by Gasteiger charge is -2.24. The number of aliphatic imine (C=N–C) groups is 1. The Kier molecular flexibility index (Phi) is 4.27. The molecule has 3 aliphatic rings. The van der Waals surface area contributed by atoms with Gasteiger partial charge in [-0.1, -0.05) is 23.9 Å². The molecular weight excluding hydrogens is 360 g/mol. The second-order valence-electron chi connectivity index (χ2n) is 6.78. The van der Waals surface area contributed by atoms with Crippen molar-refractivity contribution in [3.05, 3.63) is 29.8 Å². The van der Waals surface area contributed by atoms with Gasteiger partial charge in [-0.25, -0.2) is 8.42 Å². The molecule has 0 spiro atoms. The number of amides is 1. The number of carbonyl (C=O) groups is 1. The van der Waals surface area contributed by atoms with Crippen LogP contribution in [0.5, 0.6) is 5.75 Å². The Labute approximate surface area is 151 Å². The zero-order chi connectivity index (χ0) is 17.6. The van der Waals surface area contributed by atoms with Gasteiger partial charge in [0.2, 0.25) is 0 Å². The van der Waals surface area contributed by atoms with Gasteiger partial charge in [0.05, 0.1) is 24.7 Å². The fourth-order valence-corrected chi connectivity index (χ4v) is 7.22. The maximum atomic E-state index is 12.1. The molecule has 1 aliphatic carbocycles. The fraction of sp³-hybridized carbons (Fsp3) is 0.529. The van der Waals surface area contributed by atoms with Crippen molar-refractivity contribution < 1.29 is 17.9 Å². The predicted molar refractivity (Wildman–Crippen MR) is 97.5 cm³/mol. The number of methoxy groups -OCH3 is 1. The lowest BCUT2D eigenvalue weighted by Crippen LogP contribution is -2.37. The smallest absolute Gasteiger partial charge is 0.251 e. The number of rotatable bonds is 4. The molecule has 1 saturated carbocycles. The van der Waals surface area contributed by atoms with Crippen molar-refractivity contribution in [2.45, 2.75) is 30.7 Å². The van der Waals surface area contributed by atoms with Gasteiger partial charge in [-0.2, -0.15) is 4.99 Å². The normalized spacial score (nSPS) is 29.0. The van der Waals surface area contributed by atoms with Crippen molar-refractivity contribution in [1.82, 2.24) is 4.90 Å². The summed E-state index contributed by atoms with van der Waals surface area (Å²) in [5, 5.41) is 0.645. The molecule has 2 heterocycles. The van der Waals surface area contributed by atoms with E-state index in [1.54, 1.807) is 7.11 Å². The third-order valence-electron chi connectivity index (χ3n) is 4.82. The number of ether oxygens (including phenoxy) is 1. The molecule has 0 aromatic heterocycles. The number of benzene rings is 1. The SMILES string of the molecule is COc1ccc(CN2C(=NC(=O)C3CC3)S[C@H]3CS(=O)(=O)C[C@H]32)cc1. The van der Waals surface area contributed by atoms with Crippen LogP contribution >= 0.6 is 11.8 Å². The van der Waals surface area contributed by atoms with Gasteiger partial charge < -0.3 is 9.64 Å². The summed E-state index contributed by atoms with van der Waals surface area (Å²) in [6.07, 6.45) is 1.83.